The van der Waals surface area contributed by atoms with Gasteiger partial charge in [0, 0.05) is 5.92 Å². The fourth-order valence-corrected chi connectivity index (χ4v) is 2.49. The van der Waals surface area contributed by atoms with Gasteiger partial charge in [0.15, 0.2) is 5.78 Å². The van der Waals surface area contributed by atoms with Crippen molar-refractivity contribution < 1.29 is 4.79 Å². The monoisotopic (exact) mass is 207 g/mol. The topological polar surface area (TPSA) is 40.9 Å². The summed E-state index contributed by atoms with van der Waals surface area (Å²) in [5.74, 6) is 0.763. The molecule has 0 amide bonds. The molecule has 1 rings (SSSR count). The molecule has 2 nitrogen and oxygen atoms in total. The van der Waals surface area contributed by atoms with Gasteiger partial charge in [0.2, 0.25) is 0 Å². The molecule has 0 N–H and O–H groups in total. The van der Waals surface area contributed by atoms with Crippen LogP contribution in [-0.2, 0) is 4.79 Å². The van der Waals surface area contributed by atoms with Gasteiger partial charge < -0.3 is 0 Å². The maximum absolute atomic E-state index is 12.1. The fourth-order valence-electron chi connectivity index (χ4n) is 2.49. The lowest BCUT2D eigenvalue weighted by Gasteiger charge is -2.27. The first-order valence-electron chi connectivity index (χ1n) is 5.99. The zero-order chi connectivity index (χ0) is 11.4. The minimum absolute atomic E-state index is 0.153. The lowest BCUT2D eigenvalue weighted by Crippen LogP contribution is -2.29. The Balaban J connectivity index is 2.63. The molecule has 1 saturated carbocycles. The summed E-state index contributed by atoms with van der Waals surface area (Å²) in [4.78, 5) is 12.1. The van der Waals surface area contributed by atoms with Crippen LogP contribution in [0.25, 0.3) is 0 Å². The van der Waals surface area contributed by atoms with E-state index in [4.69, 9.17) is 5.26 Å². The average Bonchev–Trinajstić information content (AvgIpc) is 2.18. The number of ketones is 1. The van der Waals surface area contributed by atoms with Crippen molar-refractivity contribution in [2.75, 3.05) is 0 Å². The summed E-state index contributed by atoms with van der Waals surface area (Å²) in [6.45, 7) is 6.12. The average molecular weight is 207 g/mol. The van der Waals surface area contributed by atoms with Crippen molar-refractivity contribution in [3.63, 3.8) is 0 Å². The highest BCUT2D eigenvalue weighted by Crippen LogP contribution is 2.32. The van der Waals surface area contributed by atoms with Crippen molar-refractivity contribution in [1.29, 1.82) is 5.26 Å². The maximum Gasteiger partial charge on any atom is 0.153 e. The van der Waals surface area contributed by atoms with Gasteiger partial charge in [-0.2, -0.15) is 5.26 Å². The van der Waals surface area contributed by atoms with Crippen LogP contribution >= 0.6 is 0 Å². The van der Waals surface area contributed by atoms with Gasteiger partial charge in [-0.3, -0.25) is 4.79 Å². The Labute approximate surface area is 92.7 Å². The first-order chi connectivity index (χ1) is 7.06. The normalized spacial score (nSPS) is 28.5. The van der Waals surface area contributed by atoms with E-state index in [-0.39, 0.29) is 23.5 Å². The Hall–Kier alpha value is -0.840. The smallest absolute Gasteiger partial charge is 0.153 e. The third-order valence-electron chi connectivity index (χ3n) is 3.45. The molecule has 0 aliphatic heterocycles. The van der Waals surface area contributed by atoms with Crippen LogP contribution in [-0.4, -0.2) is 5.78 Å². The molecule has 1 fully saturated rings. The lowest BCUT2D eigenvalue weighted by atomic mass is 9.75. The second kappa shape index (κ2) is 5.30. The van der Waals surface area contributed by atoms with Gasteiger partial charge in [-0.15, -0.1) is 0 Å². The number of hydrogen-bond acceptors (Lipinski definition) is 2. The molecule has 15 heavy (non-hydrogen) atoms. The highest BCUT2D eigenvalue weighted by atomic mass is 16.1. The van der Waals surface area contributed by atoms with E-state index in [9.17, 15) is 4.79 Å². The van der Waals surface area contributed by atoms with Gasteiger partial charge in [0.25, 0.3) is 0 Å². The molecule has 1 aliphatic carbocycles. The summed E-state index contributed by atoms with van der Waals surface area (Å²) < 4.78 is 0. The minimum Gasteiger partial charge on any atom is -0.298 e. The van der Waals surface area contributed by atoms with E-state index in [1.165, 1.54) is 6.42 Å². The Kier molecular flexibility index (Phi) is 4.32. The molecule has 0 saturated heterocycles. The van der Waals surface area contributed by atoms with Gasteiger partial charge in [0.1, 0.15) is 5.92 Å². The molecular formula is C13H21NO. The van der Waals surface area contributed by atoms with Crippen LogP contribution in [0.2, 0.25) is 0 Å². The molecule has 0 spiro atoms. The van der Waals surface area contributed by atoms with Gasteiger partial charge in [-0.05, 0) is 24.7 Å². The second-order valence-electron chi connectivity index (χ2n) is 5.22. The predicted molar refractivity (Wildman–Crippen MR) is 60.1 cm³/mol. The summed E-state index contributed by atoms with van der Waals surface area (Å²) >= 11 is 0. The van der Waals surface area contributed by atoms with Crippen molar-refractivity contribution in [3.8, 4) is 6.07 Å². The molecule has 0 radical (unpaired) electrons. The SMILES string of the molecule is CC1CCCC(C(=O)C(C#N)C(C)C)C1. The molecule has 0 heterocycles. The minimum atomic E-state index is -0.389. The summed E-state index contributed by atoms with van der Waals surface area (Å²) in [7, 11) is 0. The molecule has 0 aromatic heterocycles. The molecule has 2 heteroatoms. The van der Waals surface area contributed by atoms with E-state index >= 15 is 0 Å². The Morgan fingerprint density at radius 1 is 1.40 bits per heavy atom. The standard InChI is InChI=1S/C13H21NO/c1-9(2)12(8-14)13(15)11-6-4-5-10(3)7-11/h9-12H,4-7H2,1-3H3. The number of carbonyl (C=O) groups excluding carboxylic acids is 1. The van der Waals surface area contributed by atoms with Gasteiger partial charge >= 0.3 is 0 Å². The first-order valence-corrected chi connectivity index (χ1v) is 5.99. The Morgan fingerprint density at radius 3 is 2.53 bits per heavy atom. The first kappa shape index (κ1) is 12.2. The number of hydrogen-bond donors (Lipinski definition) is 0. The highest BCUT2D eigenvalue weighted by Gasteiger charge is 2.31. The van der Waals surface area contributed by atoms with Crippen LogP contribution in [0.15, 0.2) is 0 Å². The number of Topliss-reactive ketones (excluding diaryl/α,β-unsaturated/α-hetero) is 1. The van der Waals surface area contributed by atoms with Gasteiger partial charge in [-0.1, -0.05) is 33.6 Å². The summed E-state index contributed by atoms with van der Waals surface area (Å²) in [6.07, 6.45) is 4.37. The van der Waals surface area contributed by atoms with E-state index in [1.54, 1.807) is 0 Å². The van der Waals surface area contributed by atoms with Crippen molar-refractivity contribution in [2.24, 2.45) is 23.7 Å². The molecule has 0 aromatic carbocycles. The van der Waals surface area contributed by atoms with Gasteiger partial charge in [-0.25, -0.2) is 0 Å². The summed E-state index contributed by atoms with van der Waals surface area (Å²) in [5, 5.41) is 8.99. The third kappa shape index (κ3) is 3.06. The number of carbonyl (C=O) groups is 1. The molecule has 0 aromatic rings. The summed E-state index contributed by atoms with van der Waals surface area (Å²) in [6, 6.07) is 2.16. The Bertz CT molecular complexity index is 264. The zero-order valence-electron chi connectivity index (χ0n) is 9.99. The highest BCUT2D eigenvalue weighted by molar-refractivity contribution is 5.85. The largest absolute Gasteiger partial charge is 0.298 e. The van der Waals surface area contributed by atoms with Gasteiger partial charge in [0.05, 0.1) is 6.07 Å². The van der Waals surface area contributed by atoms with Crippen LogP contribution in [0.5, 0.6) is 0 Å². The zero-order valence-corrected chi connectivity index (χ0v) is 9.99. The Morgan fingerprint density at radius 2 is 2.07 bits per heavy atom. The van der Waals surface area contributed by atoms with E-state index in [0.29, 0.717) is 5.92 Å². The van der Waals surface area contributed by atoms with Crippen molar-refractivity contribution in [2.45, 2.75) is 46.5 Å². The van der Waals surface area contributed by atoms with Crippen molar-refractivity contribution >= 4 is 5.78 Å². The van der Waals surface area contributed by atoms with Crippen molar-refractivity contribution in [3.05, 3.63) is 0 Å². The van der Waals surface area contributed by atoms with Crippen LogP contribution in [0.3, 0.4) is 0 Å². The van der Waals surface area contributed by atoms with Crippen molar-refractivity contribution in [1.82, 2.24) is 0 Å². The van der Waals surface area contributed by atoms with E-state index < -0.39 is 0 Å². The fraction of sp³-hybridized carbons (Fsp3) is 0.846. The van der Waals surface area contributed by atoms with E-state index in [0.717, 1.165) is 19.3 Å². The number of rotatable bonds is 3. The number of nitrogens with zero attached hydrogens (tertiary/aromatic N) is 1. The van der Waals surface area contributed by atoms with Crippen LogP contribution in [0.1, 0.15) is 46.5 Å². The molecule has 84 valence electrons. The molecule has 1 aliphatic rings. The van der Waals surface area contributed by atoms with E-state index in [1.807, 2.05) is 13.8 Å². The van der Waals surface area contributed by atoms with Crippen LogP contribution < -0.4 is 0 Å². The quantitative estimate of drug-likeness (QED) is 0.713. The van der Waals surface area contributed by atoms with E-state index in [2.05, 4.69) is 13.0 Å². The number of nitriles is 1. The van der Waals surface area contributed by atoms with Crippen LogP contribution in [0, 0.1) is 35.0 Å². The summed E-state index contributed by atoms with van der Waals surface area (Å²) in [5.41, 5.74) is 0. The predicted octanol–water partition coefficient (Wildman–Crippen LogP) is 3.18. The maximum atomic E-state index is 12.1. The second-order valence-corrected chi connectivity index (χ2v) is 5.22. The molecule has 3 atom stereocenters. The van der Waals surface area contributed by atoms with Crippen LogP contribution in [0.4, 0.5) is 0 Å². The molecule has 0 bridgehead atoms. The molecule has 3 unspecified atom stereocenters. The lowest BCUT2D eigenvalue weighted by molar-refractivity contribution is -0.127. The third-order valence-corrected chi connectivity index (χ3v) is 3.45. The molecular weight excluding hydrogens is 186 g/mol.